The van der Waals surface area contributed by atoms with Crippen LogP contribution >= 0.6 is 58.0 Å². The summed E-state index contributed by atoms with van der Waals surface area (Å²) in [6, 6.07) is 9.31. The predicted molar refractivity (Wildman–Crippen MR) is 69.4 cm³/mol. The van der Waals surface area contributed by atoms with Crippen LogP contribution in [-0.4, -0.2) is 3.79 Å². The van der Waals surface area contributed by atoms with Gasteiger partial charge in [0.25, 0.3) is 0 Å². The van der Waals surface area contributed by atoms with Crippen molar-refractivity contribution >= 4 is 58.0 Å². The summed E-state index contributed by atoms with van der Waals surface area (Å²) in [5.41, 5.74) is 0.808. The standard InChI is InChI=1S/C10H9Cl5/c11-9(12,6-7-10(13,14)15)8-4-2-1-3-5-8/h1-5H,6-7H2. The average Bonchev–Trinajstić information content (AvgIpc) is 2.16. The second kappa shape index (κ2) is 5.33. The van der Waals surface area contributed by atoms with Crippen LogP contribution in [0.15, 0.2) is 30.3 Å². The van der Waals surface area contributed by atoms with E-state index < -0.39 is 8.13 Å². The Morgan fingerprint density at radius 1 is 0.800 bits per heavy atom. The van der Waals surface area contributed by atoms with Crippen LogP contribution in [0.3, 0.4) is 0 Å². The van der Waals surface area contributed by atoms with Gasteiger partial charge in [0.05, 0.1) is 0 Å². The highest BCUT2D eigenvalue weighted by Crippen LogP contribution is 2.43. The van der Waals surface area contributed by atoms with Crippen LogP contribution in [0, 0.1) is 0 Å². The molecule has 0 aliphatic heterocycles. The second-order valence-corrected chi connectivity index (χ2v) is 7.19. The van der Waals surface area contributed by atoms with E-state index in [-0.39, 0.29) is 0 Å². The Hall–Kier alpha value is 0.670. The summed E-state index contributed by atoms with van der Waals surface area (Å²) in [6.07, 6.45) is 0.691. The number of hydrogen-bond donors (Lipinski definition) is 0. The zero-order valence-electron chi connectivity index (χ0n) is 7.69. The van der Waals surface area contributed by atoms with Crippen LogP contribution in [0.4, 0.5) is 0 Å². The minimum absolute atomic E-state index is 0.305. The summed E-state index contributed by atoms with van der Waals surface area (Å²) in [7, 11) is 0. The van der Waals surface area contributed by atoms with Crippen molar-refractivity contribution in [2.75, 3.05) is 0 Å². The molecule has 0 N–H and O–H groups in total. The van der Waals surface area contributed by atoms with E-state index in [2.05, 4.69) is 0 Å². The van der Waals surface area contributed by atoms with Gasteiger partial charge in [-0.1, -0.05) is 88.3 Å². The van der Waals surface area contributed by atoms with Gasteiger partial charge >= 0.3 is 0 Å². The Morgan fingerprint density at radius 3 is 1.80 bits per heavy atom. The van der Waals surface area contributed by atoms with Crippen LogP contribution in [-0.2, 0) is 4.33 Å². The van der Waals surface area contributed by atoms with Crippen molar-refractivity contribution < 1.29 is 0 Å². The van der Waals surface area contributed by atoms with Gasteiger partial charge in [-0.2, -0.15) is 0 Å². The minimum atomic E-state index is -1.32. The van der Waals surface area contributed by atoms with Crippen molar-refractivity contribution in [3.8, 4) is 0 Å². The third-order valence-electron chi connectivity index (χ3n) is 1.92. The van der Waals surface area contributed by atoms with Crippen LogP contribution in [0.25, 0.3) is 0 Å². The maximum absolute atomic E-state index is 6.16. The second-order valence-electron chi connectivity index (χ2n) is 3.19. The molecule has 0 radical (unpaired) electrons. The Bertz CT molecular complexity index is 301. The Labute approximate surface area is 114 Å². The highest BCUT2D eigenvalue weighted by atomic mass is 35.6. The molecule has 0 aromatic heterocycles. The lowest BCUT2D eigenvalue weighted by Crippen LogP contribution is -2.14. The Morgan fingerprint density at radius 2 is 1.33 bits per heavy atom. The van der Waals surface area contributed by atoms with Crippen molar-refractivity contribution in [2.45, 2.75) is 21.0 Å². The predicted octanol–water partition coefficient (Wildman–Crippen LogP) is 5.47. The lowest BCUT2D eigenvalue weighted by atomic mass is 10.1. The molecule has 0 aliphatic rings. The van der Waals surface area contributed by atoms with Gasteiger partial charge in [-0.3, -0.25) is 0 Å². The fourth-order valence-electron chi connectivity index (χ4n) is 1.13. The quantitative estimate of drug-likeness (QED) is 0.650. The SMILES string of the molecule is ClC(Cl)(Cl)CCC(Cl)(Cl)c1ccccc1. The molecule has 0 heterocycles. The normalized spacial score (nSPS) is 12.9. The van der Waals surface area contributed by atoms with Crippen molar-refractivity contribution in [1.29, 1.82) is 0 Å². The summed E-state index contributed by atoms with van der Waals surface area (Å²) in [4.78, 5) is 0. The monoisotopic (exact) mass is 304 g/mol. The van der Waals surface area contributed by atoms with E-state index in [1.807, 2.05) is 30.3 Å². The first-order valence-electron chi connectivity index (χ1n) is 4.31. The van der Waals surface area contributed by atoms with Crippen LogP contribution in [0.2, 0.25) is 0 Å². The summed E-state index contributed by atoms with van der Waals surface area (Å²) >= 11 is 29.2. The summed E-state index contributed by atoms with van der Waals surface area (Å²) in [6.45, 7) is 0. The molecule has 0 saturated carbocycles. The molecule has 0 atom stereocenters. The first kappa shape index (κ1) is 13.7. The van der Waals surface area contributed by atoms with E-state index in [1.165, 1.54) is 0 Å². The largest absolute Gasteiger partial charge is 0.190 e. The van der Waals surface area contributed by atoms with Crippen LogP contribution < -0.4 is 0 Å². The Kier molecular flexibility index (Phi) is 4.88. The molecule has 0 saturated heterocycles. The molecule has 0 spiro atoms. The molecule has 1 aromatic rings. The Balaban J connectivity index is 2.68. The lowest BCUT2D eigenvalue weighted by molar-refractivity contribution is 0.685. The molecular formula is C10H9Cl5. The highest BCUT2D eigenvalue weighted by Gasteiger charge is 2.30. The van der Waals surface area contributed by atoms with Crippen LogP contribution in [0.5, 0.6) is 0 Å². The number of halogens is 5. The molecule has 0 unspecified atom stereocenters. The molecule has 5 heteroatoms. The van der Waals surface area contributed by atoms with E-state index >= 15 is 0 Å². The van der Waals surface area contributed by atoms with E-state index in [4.69, 9.17) is 58.0 Å². The first-order valence-corrected chi connectivity index (χ1v) is 6.20. The fraction of sp³-hybridized carbons (Fsp3) is 0.400. The van der Waals surface area contributed by atoms with Gasteiger partial charge in [-0.05, 0) is 18.4 Å². The summed E-state index contributed by atoms with van der Waals surface area (Å²) in [5, 5.41) is 0. The first-order chi connectivity index (χ1) is 6.81. The van der Waals surface area contributed by atoms with Gasteiger partial charge in [0.2, 0.25) is 0 Å². The maximum Gasteiger partial charge on any atom is 0.190 e. The third-order valence-corrected chi connectivity index (χ3v) is 3.30. The average molecular weight is 306 g/mol. The minimum Gasteiger partial charge on any atom is -0.0963 e. The summed E-state index contributed by atoms with van der Waals surface area (Å²) < 4.78 is -2.32. The van der Waals surface area contributed by atoms with Gasteiger partial charge in [0.15, 0.2) is 3.79 Å². The van der Waals surface area contributed by atoms with E-state index in [0.29, 0.717) is 12.8 Å². The molecular weight excluding hydrogens is 297 g/mol. The van der Waals surface area contributed by atoms with E-state index in [1.54, 1.807) is 0 Å². The molecule has 1 rings (SSSR count). The zero-order valence-corrected chi connectivity index (χ0v) is 11.5. The lowest BCUT2D eigenvalue weighted by Gasteiger charge is -2.22. The van der Waals surface area contributed by atoms with Gasteiger partial charge in [-0.15, -0.1) is 0 Å². The smallest absolute Gasteiger partial charge is 0.0963 e. The molecule has 84 valence electrons. The van der Waals surface area contributed by atoms with Gasteiger partial charge in [-0.25, -0.2) is 0 Å². The van der Waals surface area contributed by atoms with Gasteiger partial charge < -0.3 is 0 Å². The molecule has 0 nitrogen and oxygen atoms in total. The summed E-state index contributed by atoms with van der Waals surface area (Å²) in [5.74, 6) is 0. The number of rotatable bonds is 3. The number of hydrogen-bond acceptors (Lipinski definition) is 0. The van der Waals surface area contributed by atoms with Crippen molar-refractivity contribution in [3.63, 3.8) is 0 Å². The molecule has 0 bridgehead atoms. The molecule has 0 fully saturated rings. The van der Waals surface area contributed by atoms with Crippen molar-refractivity contribution in [1.82, 2.24) is 0 Å². The van der Waals surface area contributed by atoms with Crippen molar-refractivity contribution in [2.24, 2.45) is 0 Å². The molecule has 0 aliphatic carbocycles. The maximum atomic E-state index is 6.16. The van der Waals surface area contributed by atoms with Crippen LogP contribution in [0.1, 0.15) is 18.4 Å². The number of alkyl halides is 5. The molecule has 0 amide bonds. The fourth-order valence-corrected chi connectivity index (χ4v) is 1.85. The zero-order chi connectivity index (χ0) is 11.5. The highest BCUT2D eigenvalue weighted by molar-refractivity contribution is 6.67. The van der Waals surface area contributed by atoms with E-state index in [9.17, 15) is 0 Å². The van der Waals surface area contributed by atoms with Gasteiger partial charge in [0, 0.05) is 0 Å². The van der Waals surface area contributed by atoms with Gasteiger partial charge in [0.1, 0.15) is 4.33 Å². The third kappa shape index (κ3) is 5.01. The number of benzene rings is 1. The molecule has 15 heavy (non-hydrogen) atoms. The van der Waals surface area contributed by atoms with Crippen molar-refractivity contribution in [3.05, 3.63) is 35.9 Å². The topological polar surface area (TPSA) is 0 Å². The van der Waals surface area contributed by atoms with E-state index in [0.717, 1.165) is 5.56 Å². The molecule has 1 aromatic carbocycles.